The number of ether oxygens (including phenoxy) is 2. The fourth-order valence-electron chi connectivity index (χ4n) is 4.46. The first kappa shape index (κ1) is 32.0. The van der Waals surface area contributed by atoms with E-state index in [2.05, 4.69) is 52.1 Å². The molecule has 3 rings (SSSR count). The Morgan fingerprint density at radius 2 is 1.63 bits per heavy atom. The van der Waals surface area contributed by atoms with Gasteiger partial charge in [0.25, 0.3) is 0 Å². The zero-order chi connectivity index (χ0) is 30.4. The molecule has 0 aliphatic heterocycles. The summed E-state index contributed by atoms with van der Waals surface area (Å²) in [6.07, 6.45) is 2.32. The van der Waals surface area contributed by atoms with Gasteiger partial charge in [0.15, 0.2) is 11.5 Å². The second kappa shape index (κ2) is 13.4. The third-order valence-corrected chi connectivity index (χ3v) is 7.08. The molecule has 0 aliphatic carbocycles. The van der Waals surface area contributed by atoms with E-state index >= 15 is 0 Å². The smallest absolute Gasteiger partial charge is 0.240 e. The molecule has 6 nitrogen and oxygen atoms in total. The second-order valence-corrected chi connectivity index (χ2v) is 12.7. The summed E-state index contributed by atoms with van der Waals surface area (Å²) in [5.74, 6) is 1.10. The number of nitrogens with zero attached hydrogens (tertiary/aromatic N) is 1. The number of aryl methyl sites for hydroxylation is 2. The van der Waals surface area contributed by atoms with Crippen molar-refractivity contribution in [3.63, 3.8) is 0 Å². The van der Waals surface area contributed by atoms with Crippen LogP contribution in [0, 0.1) is 6.92 Å². The van der Waals surface area contributed by atoms with Gasteiger partial charge in [-0.2, -0.15) is 5.10 Å². The zero-order valence-corrected chi connectivity index (χ0v) is 26.3. The molecule has 0 radical (unpaired) electrons. The number of hydrogen-bond donors (Lipinski definition) is 2. The maximum atomic E-state index is 12.6. The Morgan fingerprint density at radius 3 is 2.22 bits per heavy atom. The molecule has 220 valence electrons. The average molecular weight is 579 g/mol. The normalized spacial score (nSPS) is 12.0. The number of amides is 1. The van der Waals surface area contributed by atoms with Crippen molar-refractivity contribution in [2.24, 2.45) is 5.10 Å². The highest BCUT2D eigenvalue weighted by molar-refractivity contribution is 6.32. The number of nitrogens with one attached hydrogen (secondary N) is 1. The Bertz CT molecular complexity index is 1370. The number of phenols is 1. The van der Waals surface area contributed by atoms with E-state index in [-0.39, 0.29) is 23.2 Å². The van der Waals surface area contributed by atoms with Gasteiger partial charge in [0.05, 0.1) is 17.8 Å². The highest BCUT2D eigenvalue weighted by Crippen LogP contribution is 2.40. The van der Waals surface area contributed by atoms with Gasteiger partial charge < -0.3 is 14.6 Å². The lowest BCUT2D eigenvalue weighted by Crippen LogP contribution is -2.20. The first-order valence-corrected chi connectivity index (χ1v) is 14.4. The Balaban J connectivity index is 1.68. The topological polar surface area (TPSA) is 80.2 Å². The SMILES string of the molecule is CCOc1cc(/C=N\NC(=O)CCc2cc(C(C)(C)C)c(O)c(C(C)(C)C)c2)cc(Cl)c1OCc1ccccc1C. The summed E-state index contributed by atoms with van der Waals surface area (Å²) in [6.45, 7) is 17.2. The number of rotatable bonds is 10. The molecule has 7 heteroatoms. The van der Waals surface area contributed by atoms with E-state index < -0.39 is 0 Å². The number of hydrazone groups is 1. The third kappa shape index (κ3) is 8.74. The number of carbonyl (C=O) groups is 1. The van der Waals surface area contributed by atoms with Crippen molar-refractivity contribution in [2.75, 3.05) is 6.61 Å². The predicted octanol–water partition coefficient (Wildman–Crippen LogP) is 8.01. The number of phenolic OH excluding ortho intramolecular Hbond substituents is 1. The molecule has 3 aromatic rings. The van der Waals surface area contributed by atoms with Crippen LogP contribution in [-0.4, -0.2) is 23.8 Å². The van der Waals surface area contributed by atoms with Gasteiger partial charge in [0.1, 0.15) is 12.4 Å². The van der Waals surface area contributed by atoms with E-state index in [9.17, 15) is 9.90 Å². The first-order chi connectivity index (χ1) is 19.2. The average Bonchev–Trinajstić information content (AvgIpc) is 2.87. The predicted molar refractivity (Wildman–Crippen MR) is 168 cm³/mol. The van der Waals surface area contributed by atoms with Gasteiger partial charge in [-0.3, -0.25) is 4.79 Å². The van der Waals surface area contributed by atoms with Gasteiger partial charge >= 0.3 is 0 Å². The summed E-state index contributed by atoms with van der Waals surface area (Å²) in [7, 11) is 0. The van der Waals surface area contributed by atoms with E-state index in [1.807, 2.05) is 50.2 Å². The molecule has 0 aromatic heterocycles. The number of aromatic hydroxyl groups is 1. The van der Waals surface area contributed by atoms with Crippen LogP contribution in [0.3, 0.4) is 0 Å². The Kier molecular flexibility index (Phi) is 10.5. The van der Waals surface area contributed by atoms with Gasteiger partial charge in [-0.15, -0.1) is 0 Å². The van der Waals surface area contributed by atoms with Crippen molar-refractivity contribution >= 4 is 23.7 Å². The lowest BCUT2D eigenvalue weighted by Gasteiger charge is -2.28. The largest absolute Gasteiger partial charge is 0.507 e. The van der Waals surface area contributed by atoms with Crippen LogP contribution in [0.2, 0.25) is 5.02 Å². The van der Waals surface area contributed by atoms with Crippen molar-refractivity contribution in [3.05, 3.63) is 86.9 Å². The van der Waals surface area contributed by atoms with Crippen LogP contribution in [0.4, 0.5) is 0 Å². The van der Waals surface area contributed by atoms with Gasteiger partial charge in [0, 0.05) is 6.42 Å². The molecule has 0 spiro atoms. The van der Waals surface area contributed by atoms with Crippen LogP contribution in [0.25, 0.3) is 0 Å². The minimum Gasteiger partial charge on any atom is -0.507 e. The van der Waals surface area contributed by atoms with Gasteiger partial charge in [-0.05, 0) is 76.6 Å². The van der Waals surface area contributed by atoms with Crippen molar-refractivity contribution in [2.45, 2.75) is 85.7 Å². The monoisotopic (exact) mass is 578 g/mol. The maximum Gasteiger partial charge on any atom is 0.240 e. The molecule has 0 saturated heterocycles. The Hall–Kier alpha value is -3.51. The summed E-state index contributed by atoms with van der Waals surface area (Å²) in [4.78, 5) is 12.6. The molecule has 1 amide bonds. The zero-order valence-electron chi connectivity index (χ0n) is 25.5. The molecule has 41 heavy (non-hydrogen) atoms. The molecule has 0 aliphatic rings. The van der Waals surface area contributed by atoms with Crippen LogP contribution in [-0.2, 0) is 28.7 Å². The quantitative estimate of drug-likeness (QED) is 0.189. The molecule has 0 bridgehead atoms. The second-order valence-electron chi connectivity index (χ2n) is 12.3. The summed E-state index contributed by atoms with van der Waals surface area (Å²) in [5.41, 5.74) is 7.79. The molecule has 0 fully saturated rings. The molecule has 0 atom stereocenters. The molecular weight excluding hydrogens is 536 g/mol. The van der Waals surface area contributed by atoms with E-state index in [0.29, 0.717) is 47.5 Å². The number of carbonyl (C=O) groups excluding carboxylic acids is 1. The molecular formula is C34H43ClN2O4. The molecule has 0 saturated carbocycles. The Labute approximate surface area is 249 Å². The van der Waals surface area contributed by atoms with Crippen molar-refractivity contribution in [3.8, 4) is 17.2 Å². The van der Waals surface area contributed by atoms with E-state index in [1.165, 1.54) is 6.21 Å². The Morgan fingerprint density at radius 1 is 1.00 bits per heavy atom. The first-order valence-electron chi connectivity index (χ1n) is 14.0. The van der Waals surface area contributed by atoms with E-state index in [1.54, 1.807) is 12.1 Å². The molecule has 3 aromatic carbocycles. The van der Waals surface area contributed by atoms with Crippen molar-refractivity contribution < 1.29 is 19.4 Å². The van der Waals surface area contributed by atoms with Crippen LogP contribution >= 0.6 is 11.6 Å². The van der Waals surface area contributed by atoms with E-state index in [4.69, 9.17) is 21.1 Å². The van der Waals surface area contributed by atoms with E-state index in [0.717, 1.165) is 27.8 Å². The van der Waals surface area contributed by atoms with Crippen LogP contribution in [0.5, 0.6) is 17.2 Å². The van der Waals surface area contributed by atoms with Gasteiger partial charge in [0.2, 0.25) is 5.91 Å². The van der Waals surface area contributed by atoms with Crippen LogP contribution < -0.4 is 14.9 Å². The fraction of sp³-hybridized carbons (Fsp3) is 0.412. The van der Waals surface area contributed by atoms with Crippen molar-refractivity contribution in [1.82, 2.24) is 5.43 Å². The minimum atomic E-state index is -0.227. The fourth-order valence-corrected chi connectivity index (χ4v) is 4.74. The molecule has 2 N–H and O–H groups in total. The number of hydrogen-bond acceptors (Lipinski definition) is 5. The maximum absolute atomic E-state index is 12.6. The van der Waals surface area contributed by atoms with Crippen LogP contribution in [0.15, 0.2) is 53.6 Å². The molecule has 0 unspecified atom stereocenters. The minimum absolute atomic E-state index is 0.210. The summed E-state index contributed by atoms with van der Waals surface area (Å²) in [5, 5.41) is 15.5. The highest BCUT2D eigenvalue weighted by atomic mass is 35.5. The molecule has 0 heterocycles. The summed E-state index contributed by atoms with van der Waals surface area (Å²) < 4.78 is 11.8. The van der Waals surface area contributed by atoms with Crippen molar-refractivity contribution in [1.29, 1.82) is 0 Å². The number of benzene rings is 3. The number of halogens is 1. The van der Waals surface area contributed by atoms with Gasteiger partial charge in [-0.1, -0.05) is 89.5 Å². The third-order valence-electron chi connectivity index (χ3n) is 6.79. The summed E-state index contributed by atoms with van der Waals surface area (Å²) in [6, 6.07) is 15.5. The van der Waals surface area contributed by atoms with Gasteiger partial charge in [-0.25, -0.2) is 5.43 Å². The standard InChI is InChI=1S/C34H43ClN2O4/c1-9-40-29-19-24(18-28(35)32(29)41-21-25-13-11-10-12-22(25)2)20-36-37-30(38)15-14-23-16-26(33(3,4)5)31(39)27(17-23)34(6,7)8/h10-13,16-20,39H,9,14-15,21H2,1-8H3,(H,37,38)/b36-20-. The summed E-state index contributed by atoms with van der Waals surface area (Å²) >= 11 is 6.56. The highest BCUT2D eigenvalue weighted by Gasteiger charge is 2.26. The van der Waals surface area contributed by atoms with Crippen LogP contribution in [0.1, 0.15) is 88.3 Å². The lowest BCUT2D eigenvalue weighted by molar-refractivity contribution is -0.121. The lowest BCUT2D eigenvalue weighted by atomic mass is 9.78.